The van der Waals surface area contributed by atoms with Crippen molar-refractivity contribution in [3.05, 3.63) is 36.5 Å². The normalized spacial score (nSPS) is 20.0. The summed E-state index contributed by atoms with van der Waals surface area (Å²) in [6.07, 6.45) is 53.5. The number of carbonyl (C=O) groups excluding carboxylic acids is 1. The average Bonchev–Trinajstić information content (AvgIpc) is 3.32. The summed E-state index contributed by atoms with van der Waals surface area (Å²) in [4.78, 5) is 13.0. The van der Waals surface area contributed by atoms with Crippen LogP contribution in [0.3, 0.4) is 0 Å². The number of carbonyl (C=O) groups is 1. The highest BCUT2D eigenvalue weighted by Crippen LogP contribution is 2.23. The minimum atomic E-state index is -1.57. The van der Waals surface area contributed by atoms with Gasteiger partial charge in [-0.3, -0.25) is 4.79 Å². The van der Waals surface area contributed by atoms with E-state index in [-0.39, 0.29) is 12.5 Å². The van der Waals surface area contributed by atoms with Crippen LogP contribution in [-0.4, -0.2) is 87.5 Å². The first-order valence-corrected chi connectivity index (χ1v) is 28.2. The summed E-state index contributed by atoms with van der Waals surface area (Å²) < 4.78 is 11.3. The second-order valence-electron chi connectivity index (χ2n) is 19.7. The van der Waals surface area contributed by atoms with Gasteiger partial charge in [-0.15, -0.1) is 0 Å². The highest BCUT2D eigenvalue weighted by molar-refractivity contribution is 5.76. The molecule has 1 rings (SSSR count). The first-order valence-electron chi connectivity index (χ1n) is 28.2. The molecule has 0 aromatic rings. The predicted octanol–water partition coefficient (Wildman–Crippen LogP) is 13.6. The van der Waals surface area contributed by atoms with E-state index in [4.69, 9.17) is 9.47 Å². The van der Waals surface area contributed by atoms with Gasteiger partial charge in [-0.2, -0.15) is 0 Å². The first kappa shape index (κ1) is 62.4. The van der Waals surface area contributed by atoms with Crippen molar-refractivity contribution in [1.29, 1.82) is 0 Å². The van der Waals surface area contributed by atoms with Gasteiger partial charge in [-0.1, -0.05) is 243 Å². The van der Waals surface area contributed by atoms with Crippen LogP contribution in [0.2, 0.25) is 0 Å². The molecular weight excluding hydrogens is 827 g/mol. The van der Waals surface area contributed by atoms with Crippen molar-refractivity contribution in [2.24, 2.45) is 0 Å². The summed E-state index contributed by atoms with van der Waals surface area (Å²) in [6, 6.07) is -0.803. The van der Waals surface area contributed by atoms with E-state index in [0.717, 1.165) is 44.9 Å². The Bertz CT molecular complexity index is 1130. The van der Waals surface area contributed by atoms with Crippen molar-refractivity contribution < 1.29 is 39.8 Å². The van der Waals surface area contributed by atoms with Crippen molar-refractivity contribution in [2.75, 3.05) is 13.2 Å². The van der Waals surface area contributed by atoms with Gasteiger partial charge in [0.2, 0.25) is 5.91 Å². The van der Waals surface area contributed by atoms with Crippen LogP contribution >= 0.6 is 0 Å². The molecule has 7 atom stereocenters. The lowest BCUT2D eigenvalue weighted by atomic mass is 9.99. The fourth-order valence-electron chi connectivity index (χ4n) is 8.95. The van der Waals surface area contributed by atoms with E-state index in [1.165, 1.54) is 199 Å². The Kier molecular flexibility index (Phi) is 44.6. The van der Waals surface area contributed by atoms with Crippen LogP contribution in [0.25, 0.3) is 0 Å². The van der Waals surface area contributed by atoms with Gasteiger partial charge in [0.15, 0.2) is 6.29 Å². The highest BCUT2D eigenvalue weighted by atomic mass is 16.7. The Labute approximate surface area is 406 Å². The molecule has 1 saturated heterocycles. The molecule has 1 aliphatic rings. The third kappa shape index (κ3) is 36.4. The smallest absolute Gasteiger partial charge is 0.220 e. The molecule has 9 heteroatoms. The van der Waals surface area contributed by atoms with Crippen molar-refractivity contribution in [3.63, 3.8) is 0 Å². The van der Waals surface area contributed by atoms with E-state index < -0.39 is 49.5 Å². The monoisotopic (exact) mass is 934 g/mol. The summed E-state index contributed by atoms with van der Waals surface area (Å²) in [5.74, 6) is -0.175. The maximum Gasteiger partial charge on any atom is 0.220 e. The molecule has 0 aromatic heterocycles. The standard InChI is InChI=1S/C57H107NO8/c1-3-5-7-9-11-13-15-17-19-21-22-23-24-25-26-27-28-29-30-31-33-35-37-39-41-43-45-47-53(61)58-50(49-65-57-56(64)55(63)54(62)52(48-59)66-57)51(60)46-44-42-40-38-36-34-32-20-18-16-14-12-10-8-6-4-2/h15,17,21-22,44,46,50-52,54-57,59-60,62-64H,3-14,16,18-20,23-43,45,47-49H2,1-2H3,(H,58,61)/b17-15-,22-21-,46-44+. The number of aliphatic hydroxyl groups is 5. The quantitative estimate of drug-likeness (QED) is 0.0261. The molecule has 388 valence electrons. The molecule has 0 saturated carbocycles. The van der Waals surface area contributed by atoms with Gasteiger partial charge < -0.3 is 40.3 Å². The van der Waals surface area contributed by atoms with E-state index in [1.807, 2.05) is 6.08 Å². The highest BCUT2D eigenvalue weighted by Gasteiger charge is 2.44. The lowest BCUT2D eigenvalue weighted by Crippen LogP contribution is -2.60. The summed E-state index contributed by atoms with van der Waals surface area (Å²) in [6.45, 7) is 3.79. The zero-order chi connectivity index (χ0) is 48.0. The number of nitrogens with one attached hydrogen (secondary N) is 1. The minimum absolute atomic E-state index is 0.175. The Morgan fingerprint density at radius 2 is 0.894 bits per heavy atom. The van der Waals surface area contributed by atoms with Crippen LogP contribution in [0.4, 0.5) is 0 Å². The summed E-state index contributed by atoms with van der Waals surface area (Å²) in [5, 5.41) is 54.4. The van der Waals surface area contributed by atoms with Crippen molar-refractivity contribution >= 4 is 5.91 Å². The second kappa shape index (κ2) is 47.1. The molecule has 0 spiro atoms. The molecule has 1 amide bonds. The van der Waals surface area contributed by atoms with Gasteiger partial charge >= 0.3 is 0 Å². The molecule has 0 radical (unpaired) electrons. The number of amides is 1. The Morgan fingerprint density at radius 1 is 0.515 bits per heavy atom. The number of hydrogen-bond donors (Lipinski definition) is 6. The Balaban J connectivity index is 2.20. The van der Waals surface area contributed by atoms with Crippen LogP contribution in [0.1, 0.15) is 264 Å². The van der Waals surface area contributed by atoms with Crippen LogP contribution in [0.5, 0.6) is 0 Å². The fraction of sp³-hybridized carbons (Fsp3) is 0.877. The zero-order valence-electron chi connectivity index (χ0n) is 43.0. The first-order chi connectivity index (χ1) is 32.3. The van der Waals surface area contributed by atoms with Gasteiger partial charge in [0.1, 0.15) is 24.4 Å². The Morgan fingerprint density at radius 3 is 1.30 bits per heavy atom. The van der Waals surface area contributed by atoms with E-state index >= 15 is 0 Å². The van der Waals surface area contributed by atoms with Gasteiger partial charge in [0.05, 0.1) is 25.4 Å². The molecule has 1 fully saturated rings. The number of aliphatic hydroxyl groups excluding tert-OH is 5. The van der Waals surface area contributed by atoms with E-state index in [0.29, 0.717) is 6.42 Å². The van der Waals surface area contributed by atoms with Gasteiger partial charge in [0.25, 0.3) is 0 Å². The molecule has 0 bridgehead atoms. The van der Waals surface area contributed by atoms with Gasteiger partial charge in [0, 0.05) is 6.42 Å². The maximum atomic E-state index is 13.0. The number of allylic oxidation sites excluding steroid dienone is 5. The van der Waals surface area contributed by atoms with E-state index in [1.54, 1.807) is 6.08 Å². The maximum absolute atomic E-state index is 13.0. The third-order valence-electron chi connectivity index (χ3n) is 13.5. The predicted molar refractivity (Wildman–Crippen MR) is 276 cm³/mol. The number of rotatable bonds is 48. The molecule has 6 N–H and O–H groups in total. The molecule has 66 heavy (non-hydrogen) atoms. The fourth-order valence-corrected chi connectivity index (χ4v) is 8.95. The summed E-state index contributed by atoms with van der Waals surface area (Å²) in [5.41, 5.74) is 0. The molecule has 1 aliphatic heterocycles. The molecule has 0 aliphatic carbocycles. The van der Waals surface area contributed by atoms with Gasteiger partial charge in [-0.05, 0) is 51.4 Å². The molecule has 1 heterocycles. The SMILES string of the molecule is CCCCCCC/C=C\C/C=C\CCCCCCCCCCCCCCCCCC(=O)NC(COC1OC(CO)C(O)C(O)C1O)C(O)/C=C/CCCCCCCCCCCCCCCC. The third-order valence-corrected chi connectivity index (χ3v) is 13.5. The average molecular weight is 934 g/mol. The number of unbranched alkanes of at least 4 members (excludes halogenated alkanes) is 34. The Hall–Kier alpha value is -1.59. The second-order valence-corrected chi connectivity index (χ2v) is 19.7. The van der Waals surface area contributed by atoms with E-state index in [2.05, 4.69) is 43.5 Å². The van der Waals surface area contributed by atoms with Crippen LogP contribution in [-0.2, 0) is 14.3 Å². The molecule has 7 unspecified atom stereocenters. The van der Waals surface area contributed by atoms with E-state index in [9.17, 15) is 30.3 Å². The number of ether oxygens (including phenoxy) is 2. The van der Waals surface area contributed by atoms with Crippen molar-refractivity contribution in [3.8, 4) is 0 Å². The zero-order valence-corrected chi connectivity index (χ0v) is 43.0. The molecule has 0 aromatic carbocycles. The summed E-state index contributed by atoms with van der Waals surface area (Å²) >= 11 is 0. The lowest BCUT2D eigenvalue weighted by molar-refractivity contribution is -0.302. The van der Waals surface area contributed by atoms with Crippen LogP contribution in [0.15, 0.2) is 36.5 Å². The topological polar surface area (TPSA) is 149 Å². The van der Waals surface area contributed by atoms with Crippen molar-refractivity contribution in [1.82, 2.24) is 5.32 Å². The van der Waals surface area contributed by atoms with Gasteiger partial charge in [-0.25, -0.2) is 0 Å². The van der Waals surface area contributed by atoms with Crippen molar-refractivity contribution in [2.45, 2.75) is 307 Å². The lowest BCUT2D eigenvalue weighted by Gasteiger charge is -2.40. The largest absolute Gasteiger partial charge is 0.394 e. The minimum Gasteiger partial charge on any atom is -0.394 e. The molecular formula is C57H107NO8. The molecule has 9 nitrogen and oxygen atoms in total. The number of hydrogen-bond acceptors (Lipinski definition) is 8. The van der Waals surface area contributed by atoms with Crippen LogP contribution in [0, 0.1) is 0 Å². The van der Waals surface area contributed by atoms with Crippen LogP contribution < -0.4 is 5.32 Å². The summed E-state index contributed by atoms with van der Waals surface area (Å²) in [7, 11) is 0.